The van der Waals surface area contributed by atoms with Gasteiger partial charge in [0.05, 0.1) is 36.5 Å². The van der Waals surface area contributed by atoms with Crippen LogP contribution in [0.1, 0.15) is 52.4 Å². The van der Waals surface area contributed by atoms with E-state index < -0.39 is 58.9 Å². The topological polar surface area (TPSA) is 91.7 Å². The van der Waals surface area contributed by atoms with Gasteiger partial charge in [-0.1, -0.05) is 48.5 Å². The van der Waals surface area contributed by atoms with Crippen molar-refractivity contribution in [2.24, 2.45) is 5.73 Å². The van der Waals surface area contributed by atoms with Crippen molar-refractivity contribution in [1.29, 1.82) is 0 Å². The van der Waals surface area contributed by atoms with Crippen molar-refractivity contribution in [3.8, 4) is 5.75 Å². The zero-order valence-electron chi connectivity index (χ0n) is 25.9. The minimum absolute atomic E-state index is 0.0568. The largest absolute Gasteiger partial charge is 0.573 e. The van der Waals surface area contributed by atoms with E-state index in [9.17, 15) is 35.9 Å². The van der Waals surface area contributed by atoms with E-state index in [1.54, 1.807) is 36.4 Å². The molecule has 4 aromatic rings. The summed E-state index contributed by atoms with van der Waals surface area (Å²) in [5, 5.41) is 0. The Bertz CT molecular complexity index is 1950. The lowest BCUT2D eigenvalue weighted by Gasteiger charge is -2.39. The zero-order chi connectivity index (χ0) is 35.1. The van der Waals surface area contributed by atoms with Gasteiger partial charge in [0, 0.05) is 31.2 Å². The van der Waals surface area contributed by atoms with Crippen LogP contribution < -0.4 is 21.7 Å². The average Bonchev–Trinajstić information content (AvgIpc) is 3.40. The fourth-order valence-electron chi connectivity index (χ4n) is 6.66. The van der Waals surface area contributed by atoms with Crippen LogP contribution in [-0.2, 0) is 42.8 Å². The van der Waals surface area contributed by atoms with Crippen LogP contribution in [0.2, 0.25) is 0 Å². The van der Waals surface area contributed by atoms with E-state index in [2.05, 4.69) is 4.74 Å². The van der Waals surface area contributed by atoms with Gasteiger partial charge in [0.2, 0.25) is 0 Å². The molecule has 6 rings (SSSR count). The second kappa shape index (κ2) is 13.1. The highest BCUT2D eigenvalue weighted by Crippen LogP contribution is 2.43. The van der Waals surface area contributed by atoms with Crippen molar-refractivity contribution in [2.75, 3.05) is 13.1 Å². The third-order valence-electron chi connectivity index (χ3n) is 9.03. The van der Waals surface area contributed by atoms with E-state index in [4.69, 9.17) is 10.5 Å². The van der Waals surface area contributed by atoms with Gasteiger partial charge in [-0.2, -0.15) is 13.2 Å². The Morgan fingerprint density at radius 2 is 1.57 bits per heavy atom. The number of ether oxygens (including phenoxy) is 2. The van der Waals surface area contributed by atoms with Crippen molar-refractivity contribution < 1.29 is 40.2 Å². The number of rotatable bonds is 8. The Kier molecular flexibility index (Phi) is 9.19. The molecule has 49 heavy (non-hydrogen) atoms. The summed E-state index contributed by atoms with van der Waals surface area (Å²) in [5.74, 6) is -1.52. The Morgan fingerprint density at radius 3 is 2.24 bits per heavy atom. The molecule has 15 heteroatoms. The monoisotopic (exact) mass is 692 g/mol. The molecule has 1 spiro atoms. The predicted molar refractivity (Wildman–Crippen MR) is 163 cm³/mol. The van der Waals surface area contributed by atoms with Gasteiger partial charge in [0.25, 0.3) is 5.56 Å². The molecule has 1 fully saturated rings. The van der Waals surface area contributed by atoms with E-state index in [1.165, 1.54) is 18.2 Å². The number of hydrogen-bond donors (Lipinski definition) is 1. The molecular weight excluding hydrogens is 661 g/mol. The van der Waals surface area contributed by atoms with E-state index in [-0.39, 0.29) is 49.5 Å². The second-order valence-corrected chi connectivity index (χ2v) is 12.1. The van der Waals surface area contributed by atoms with Gasteiger partial charge in [0.15, 0.2) is 0 Å². The van der Waals surface area contributed by atoms with E-state index in [1.807, 2.05) is 4.90 Å². The summed E-state index contributed by atoms with van der Waals surface area (Å²) in [5.41, 5.74) is 2.83. The van der Waals surface area contributed by atoms with Gasteiger partial charge in [-0.15, -0.1) is 13.2 Å². The normalized spacial score (nSPS) is 16.9. The van der Waals surface area contributed by atoms with Crippen molar-refractivity contribution >= 4 is 0 Å². The van der Waals surface area contributed by atoms with Crippen LogP contribution in [0.25, 0.3) is 0 Å². The Morgan fingerprint density at radius 1 is 0.878 bits per heavy atom. The maximum absolute atomic E-state index is 15.0. The molecule has 0 amide bonds. The fourth-order valence-corrected chi connectivity index (χ4v) is 6.66. The van der Waals surface area contributed by atoms with Crippen LogP contribution in [0.4, 0.5) is 30.7 Å². The lowest BCUT2D eigenvalue weighted by atomic mass is 9.85. The van der Waals surface area contributed by atoms with Crippen LogP contribution >= 0.6 is 0 Å². The third kappa shape index (κ3) is 7.14. The molecule has 2 aliphatic heterocycles. The molecule has 0 aliphatic carbocycles. The summed E-state index contributed by atoms with van der Waals surface area (Å²) < 4.78 is 107. The van der Waals surface area contributed by atoms with Crippen molar-refractivity contribution in [3.63, 3.8) is 0 Å². The molecule has 8 nitrogen and oxygen atoms in total. The standard InChI is InChI=1S/C34H31F7N4O4/c35-26-11-5-10-25(33(36,37)38)24(26)18-44-28-20-48-32(29(28)30(46)45(31(44)47)19-27(42)22-7-2-1-3-8-22)12-14-43(15-13-32)17-21-6-4-9-23(16-21)49-34(39,40)41/h1-11,16,27H,12-15,17-20,42H2. The quantitative estimate of drug-likeness (QED) is 0.234. The molecule has 2 aliphatic rings. The van der Waals surface area contributed by atoms with Gasteiger partial charge >= 0.3 is 18.2 Å². The first-order valence-corrected chi connectivity index (χ1v) is 15.4. The lowest BCUT2D eigenvalue weighted by Crippen LogP contribution is -2.49. The fraction of sp³-hybridized carbons (Fsp3) is 0.353. The van der Waals surface area contributed by atoms with E-state index in [0.717, 1.165) is 27.3 Å². The minimum atomic E-state index is -4.92. The van der Waals surface area contributed by atoms with E-state index >= 15 is 4.39 Å². The van der Waals surface area contributed by atoms with E-state index in [0.29, 0.717) is 24.2 Å². The van der Waals surface area contributed by atoms with Gasteiger partial charge in [-0.05, 0) is 48.2 Å². The van der Waals surface area contributed by atoms with Gasteiger partial charge in [-0.3, -0.25) is 18.8 Å². The summed E-state index contributed by atoms with van der Waals surface area (Å²) in [4.78, 5) is 30.1. The first kappa shape index (κ1) is 34.4. The van der Waals surface area contributed by atoms with Gasteiger partial charge in [0.1, 0.15) is 17.2 Å². The number of piperidine rings is 1. The number of fused-ring (bicyclic) bond motifs is 2. The van der Waals surface area contributed by atoms with Crippen LogP contribution in [-0.4, -0.2) is 33.5 Å². The molecule has 1 unspecified atom stereocenters. The summed E-state index contributed by atoms with van der Waals surface area (Å²) >= 11 is 0. The smallest absolute Gasteiger partial charge is 0.406 e. The molecule has 3 aromatic carbocycles. The number of alkyl halides is 6. The Hall–Kier alpha value is -4.47. The van der Waals surface area contributed by atoms with Crippen molar-refractivity contribution in [2.45, 2.75) is 63.3 Å². The maximum atomic E-state index is 15.0. The SMILES string of the molecule is NC(Cn1c(=O)c2c(n(Cc3c(F)cccc3C(F)(F)F)c1=O)COC21CCN(Cc2cccc(OC(F)(F)F)c2)CC1)c1ccccc1. The minimum Gasteiger partial charge on any atom is -0.406 e. The number of hydrogen-bond acceptors (Lipinski definition) is 6. The van der Waals surface area contributed by atoms with Crippen LogP contribution in [0.5, 0.6) is 5.75 Å². The van der Waals surface area contributed by atoms with Crippen molar-refractivity contribution in [3.05, 3.63) is 133 Å². The summed E-state index contributed by atoms with van der Waals surface area (Å²) in [7, 11) is 0. The molecule has 3 heterocycles. The Labute approximate surface area is 275 Å². The molecular formula is C34H31F7N4O4. The van der Waals surface area contributed by atoms with Crippen molar-refractivity contribution in [1.82, 2.24) is 14.0 Å². The number of nitrogens with zero attached hydrogens (tertiary/aromatic N) is 3. The third-order valence-corrected chi connectivity index (χ3v) is 9.03. The predicted octanol–water partition coefficient (Wildman–Crippen LogP) is 5.84. The molecule has 0 saturated carbocycles. The summed E-state index contributed by atoms with van der Waals surface area (Å²) in [6.07, 6.45) is -9.31. The number of aromatic nitrogens is 2. The lowest BCUT2D eigenvalue weighted by molar-refractivity contribution is -0.274. The zero-order valence-corrected chi connectivity index (χ0v) is 25.9. The molecule has 1 aromatic heterocycles. The molecule has 1 saturated heterocycles. The summed E-state index contributed by atoms with van der Waals surface area (Å²) in [6, 6.07) is 15.9. The summed E-state index contributed by atoms with van der Waals surface area (Å²) in [6.45, 7) is -0.476. The number of nitrogens with two attached hydrogens (primary N) is 1. The highest BCUT2D eigenvalue weighted by atomic mass is 19.4. The molecule has 1 atom stereocenters. The van der Waals surface area contributed by atoms with Crippen LogP contribution in [0.15, 0.2) is 82.4 Å². The van der Waals surface area contributed by atoms with Gasteiger partial charge < -0.3 is 15.2 Å². The number of likely N-dealkylation sites (tertiary alicyclic amines) is 1. The maximum Gasteiger partial charge on any atom is 0.573 e. The molecule has 0 bridgehead atoms. The first-order chi connectivity index (χ1) is 23.1. The molecule has 0 radical (unpaired) electrons. The average molecular weight is 693 g/mol. The van der Waals surface area contributed by atoms with Crippen LogP contribution in [0, 0.1) is 5.82 Å². The Balaban J connectivity index is 1.36. The molecule has 2 N–H and O–H groups in total. The first-order valence-electron chi connectivity index (χ1n) is 15.4. The van der Waals surface area contributed by atoms with Crippen LogP contribution in [0.3, 0.4) is 0 Å². The highest BCUT2D eigenvalue weighted by molar-refractivity contribution is 5.35. The molecule has 260 valence electrons. The number of benzene rings is 3. The second-order valence-electron chi connectivity index (χ2n) is 12.1. The van der Waals surface area contributed by atoms with Gasteiger partial charge in [-0.25, -0.2) is 9.18 Å². The highest BCUT2D eigenvalue weighted by Gasteiger charge is 2.47. The number of halogens is 7.